The molecule has 0 unspecified atom stereocenters. The number of nitrogens with zero attached hydrogens (tertiary/aromatic N) is 3. The lowest BCUT2D eigenvalue weighted by molar-refractivity contribution is 0.437. The van der Waals surface area contributed by atoms with Crippen molar-refractivity contribution < 1.29 is 8.42 Å². The number of aromatic nitrogens is 2. The number of nitrogens with two attached hydrogens (primary N) is 1. The number of anilines is 1. The minimum absolute atomic E-state index is 0.249. The van der Waals surface area contributed by atoms with Crippen LogP contribution in [0.15, 0.2) is 6.20 Å². The molecule has 0 saturated carbocycles. The van der Waals surface area contributed by atoms with Gasteiger partial charge < -0.3 is 5.73 Å². The summed E-state index contributed by atoms with van der Waals surface area (Å²) >= 11 is 5.69. The predicted molar refractivity (Wildman–Crippen MR) is 59.1 cm³/mol. The van der Waals surface area contributed by atoms with Gasteiger partial charge in [0.25, 0.3) is 0 Å². The van der Waals surface area contributed by atoms with Crippen LogP contribution < -0.4 is 5.73 Å². The molecule has 86 valence electrons. The van der Waals surface area contributed by atoms with E-state index in [4.69, 9.17) is 17.3 Å². The van der Waals surface area contributed by atoms with Crippen LogP contribution in [0.1, 0.15) is 0 Å². The second-order valence-electron chi connectivity index (χ2n) is 3.21. The smallest absolute Gasteiger partial charge is 0.211 e. The summed E-state index contributed by atoms with van der Waals surface area (Å²) in [6, 6.07) is 0. The van der Waals surface area contributed by atoms with E-state index in [-0.39, 0.29) is 5.82 Å². The molecule has 0 fully saturated rings. The molecular weight excluding hydrogens is 240 g/mol. The van der Waals surface area contributed by atoms with Gasteiger partial charge in [0, 0.05) is 19.8 Å². The third kappa shape index (κ3) is 3.37. The van der Waals surface area contributed by atoms with Gasteiger partial charge >= 0.3 is 0 Å². The molecule has 6 nitrogen and oxygen atoms in total. The second-order valence-corrected chi connectivity index (χ2v) is 5.71. The minimum Gasteiger partial charge on any atom is -0.381 e. The lowest BCUT2D eigenvalue weighted by Crippen LogP contribution is -2.29. The highest BCUT2D eigenvalue weighted by Crippen LogP contribution is 2.14. The Bertz CT molecular complexity index is 422. The van der Waals surface area contributed by atoms with Gasteiger partial charge in [-0.3, -0.25) is 4.68 Å². The second kappa shape index (κ2) is 4.38. The maximum atomic E-state index is 11.1. The van der Waals surface area contributed by atoms with Crippen LogP contribution in [0.5, 0.6) is 0 Å². The normalized spacial score (nSPS) is 12.3. The quantitative estimate of drug-likeness (QED) is 0.819. The fourth-order valence-corrected chi connectivity index (χ4v) is 1.50. The Morgan fingerprint density at radius 2 is 2.27 bits per heavy atom. The van der Waals surface area contributed by atoms with Gasteiger partial charge in [-0.15, -0.1) is 0 Å². The van der Waals surface area contributed by atoms with Crippen LogP contribution in [0.2, 0.25) is 5.02 Å². The van der Waals surface area contributed by atoms with Crippen molar-refractivity contribution in [2.45, 2.75) is 6.54 Å². The maximum Gasteiger partial charge on any atom is 0.211 e. The molecule has 0 spiro atoms. The summed E-state index contributed by atoms with van der Waals surface area (Å²) in [5, 5.41) is 4.28. The summed E-state index contributed by atoms with van der Waals surface area (Å²) in [5.41, 5.74) is 5.44. The van der Waals surface area contributed by atoms with Crippen LogP contribution in [-0.4, -0.2) is 42.4 Å². The molecule has 15 heavy (non-hydrogen) atoms. The number of sulfonamides is 1. The topological polar surface area (TPSA) is 81.2 Å². The summed E-state index contributed by atoms with van der Waals surface area (Å²) in [5.74, 6) is 0.249. The molecule has 1 aromatic heterocycles. The zero-order valence-electron chi connectivity index (χ0n) is 8.51. The lowest BCUT2D eigenvalue weighted by atomic mass is 10.6. The summed E-state index contributed by atoms with van der Waals surface area (Å²) in [6.07, 6.45) is 2.71. The first kappa shape index (κ1) is 12.3. The van der Waals surface area contributed by atoms with Gasteiger partial charge in [-0.05, 0) is 0 Å². The molecule has 0 aliphatic carbocycles. The summed E-state index contributed by atoms with van der Waals surface area (Å²) in [4.78, 5) is 0. The Labute approximate surface area is 93.7 Å². The number of nitrogen functional groups attached to an aromatic ring is 1. The molecule has 0 aliphatic heterocycles. The fourth-order valence-electron chi connectivity index (χ4n) is 0.936. The zero-order chi connectivity index (χ0) is 11.6. The fraction of sp³-hybridized carbons (Fsp3) is 0.571. The SMILES string of the molecule is CN(CCn1cc(Cl)c(N)n1)S(C)(=O)=O. The average molecular weight is 253 g/mol. The molecule has 1 aromatic rings. The van der Waals surface area contributed by atoms with Crippen molar-refractivity contribution in [3.63, 3.8) is 0 Å². The van der Waals surface area contributed by atoms with E-state index in [0.717, 1.165) is 6.26 Å². The van der Waals surface area contributed by atoms with Crippen molar-refractivity contribution in [2.24, 2.45) is 0 Å². The van der Waals surface area contributed by atoms with Crippen molar-refractivity contribution in [3.05, 3.63) is 11.2 Å². The number of hydrogen-bond donors (Lipinski definition) is 1. The molecule has 1 heterocycles. The van der Waals surface area contributed by atoms with E-state index in [1.54, 1.807) is 6.20 Å². The van der Waals surface area contributed by atoms with Crippen molar-refractivity contribution in [2.75, 3.05) is 25.6 Å². The number of hydrogen-bond acceptors (Lipinski definition) is 4. The largest absolute Gasteiger partial charge is 0.381 e. The standard InChI is InChI=1S/C7H13ClN4O2S/c1-11(15(2,13)14)3-4-12-5-6(8)7(9)10-12/h5H,3-4H2,1-2H3,(H2,9,10). The van der Waals surface area contributed by atoms with Crippen molar-refractivity contribution in [3.8, 4) is 0 Å². The van der Waals surface area contributed by atoms with Crippen LogP contribution in [0.3, 0.4) is 0 Å². The van der Waals surface area contributed by atoms with Crippen molar-refractivity contribution in [1.82, 2.24) is 14.1 Å². The first-order valence-corrected chi connectivity index (χ1v) is 6.43. The number of rotatable bonds is 4. The molecule has 0 atom stereocenters. The van der Waals surface area contributed by atoms with Crippen molar-refractivity contribution >= 4 is 27.4 Å². The zero-order valence-corrected chi connectivity index (χ0v) is 10.1. The van der Waals surface area contributed by atoms with E-state index in [1.165, 1.54) is 16.0 Å². The van der Waals surface area contributed by atoms with Crippen LogP contribution in [0, 0.1) is 0 Å². The molecule has 0 amide bonds. The van der Waals surface area contributed by atoms with E-state index in [0.29, 0.717) is 18.1 Å². The molecule has 0 radical (unpaired) electrons. The van der Waals surface area contributed by atoms with Gasteiger partial charge in [0.1, 0.15) is 5.02 Å². The van der Waals surface area contributed by atoms with Gasteiger partial charge in [0.2, 0.25) is 10.0 Å². The van der Waals surface area contributed by atoms with Gasteiger partial charge in [-0.2, -0.15) is 5.10 Å². The maximum absolute atomic E-state index is 11.1. The Balaban J connectivity index is 2.58. The third-order valence-corrected chi connectivity index (χ3v) is 3.56. The van der Waals surface area contributed by atoms with E-state index >= 15 is 0 Å². The van der Waals surface area contributed by atoms with E-state index in [2.05, 4.69) is 5.10 Å². The molecule has 0 bridgehead atoms. The first-order valence-electron chi connectivity index (χ1n) is 4.20. The average Bonchev–Trinajstić information content (AvgIpc) is 2.41. The van der Waals surface area contributed by atoms with Gasteiger partial charge in [-0.25, -0.2) is 12.7 Å². The number of halogens is 1. The third-order valence-electron chi connectivity index (χ3n) is 1.95. The summed E-state index contributed by atoms with van der Waals surface area (Å²) in [6.45, 7) is 0.747. The van der Waals surface area contributed by atoms with Crippen LogP contribution in [0.4, 0.5) is 5.82 Å². The monoisotopic (exact) mass is 252 g/mol. The molecule has 1 rings (SSSR count). The molecule has 8 heteroatoms. The Hall–Kier alpha value is -0.790. The molecule has 0 saturated heterocycles. The molecule has 0 aromatic carbocycles. The van der Waals surface area contributed by atoms with Gasteiger partial charge in [-0.1, -0.05) is 11.6 Å². The van der Waals surface area contributed by atoms with E-state index in [1.807, 2.05) is 0 Å². The van der Waals surface area contributed by atoms with E-state index < -0.39 is 10.0 Å². The molecular formula is C7H13ClN4O2S. The number of likely N-dealkylation sites (N-methyl/N-ethyl adjacent to an activating group) is 1. The highest BCUT2D eigenvalue weighted by atomic mass is 35.5. The van der Waals surface area contributed by atoms with Gasteiger partial charge in [0.05, 0.1) is 12.8 Å². The summed E-state index contributed by atoms with van der Waals surface area (Å²) in [7, 11) is -1.64. The van der Waals surface area contributed by atoms with Crippen LogP contribution in [0.25, 0.3) is 0 Å². The van der Waals surface area contributed by atoms with Crippen LogP contribution >= 0.6 is 11.6 Å². The molecule has 2 N–H and O–H groups in total. The highest BCUT2D eigenvalue weighted by Gasteiger charge is 2.11. The summed E-state index contributed by atoms with van der Waals surface area (Å²) < 4.78 is 24.9. The van der Waals surface area contributed by atoms with Crippen molar-refractivity contribution in [1.29, 1.82) is 0 Å². The molecule has 0 aliphatic rings. The predicted octanol–water partition coefficient (Wildman–Crippen LogP) is 0.0101. The Morgan fingerprint density at radius 1 is 1.67 bits per heavy atom. The Morgan fingerprint density at radius 3 is 2.67 bits per heavy atom. The van der Waals surface area contributed by atoms with Gasteiger partial charge in [0.15, 0.2) is 5.82 Å². The lowest BCUT2D eigenvalue weighted by Gasteiger charge is -2.13. The first-order chi connectivity index (χ1) is 6.80. The van der Waals surface area contributed by atoms with E-state index in [9.17, 15) is 8.42 Å². The minimum atomic E-state index is -3.15. The Kier molecular flexibility index (Phi) is 3.58. The highest BCUT2D eigenvalue weighted by molar-refractivity contribution is 7.88. The van der Waals surface area contributed by atoms with Crippen LogP contribution in [-0.2, 0) is 16.6 Å².